The second-order valence-corrected chi connectivity index (χ2v) is 7.94. The maximum absolute atomic E-state index is 12.7. The maximum atomic E-state index is 12.7. The van der Waals surface area contributed by atoms with Crippen molar-refractivity contribution in [3.8, 4) is 0 Å². The molecular formula is C23H20N2O4S. The van der Waals surface area contributed by atoms with Gasteiger partial charge in [-0.05, 0) is 48.6 Å². The zero-order valence-electron chi connectivity index (χ0n) is 16.0. The third-order valence-corrected chi connectivity index (χ3v) is 5.48. The van der Waals surface area contributed by atoms with Crippen molar-refractivity contribution in [2.24, 2.45) is 0 Å². The van der Waals surface area contributed by atoms with Gasteiger partial charge in [0.05, 0.1) is 10.4 Å². The largest absolute Gasteiger partial charge is 0.444 e. The van der Waals surface area contributed by atoms with Crippen LogP contribution in [0.5, 0.6) is 0 Å². The molecule has 1 fully saturated rings. The summed E-state index contributed by atoms with van der Waals surface area (Å²) in [6.45, 7) is 0. The molecular weight excluding hydrogens is 400 g/mol. The molecule has 0 aliphatic heterocycles. The molecule has 6 nitrogen and oxygen atoms in total. The number of esters is 1. The number of nitrogens with one attached hydrogen (secondary N) is 2. The van der Waals surface area contributed by atoms with Crippen LogP contribution in [-0.2, 0) is 9.53 Å². The normalized spacial score (nSPS) is 13.9. The van der Waals surface area contributed by atoms with E-state index >= 15 is 0 Å². The second-order valence-electron chi connectivity index (χ2n) is 6.99. The number of hydrogen-bond acceptors (Lipinski definition) is 5. The predicted molar refractivity (Wildman–Crippen MR) is 114 cm³/mol. The molecule has 1 aliphatic carbocycles. The van der Waals surface area contributed by atoms with Gasteiger partial charge in [-0.15, -0.1) is 11.3 Å². The van der Waals surface area contributed by atoms with E-state index < -0.39 is 12.1 Å². The van der Waals surface area contributed by atoms with Gasteiger partial charge >= 0.3 is 5.97 Å². The Morgan fingerprint density at radius 3 is 2.30 bits per heavy atom. The van der Waals surface area contributed by atoms with Crippen LogP contribution >= 0.6 is 11.3 Å². The van der Waals surface area contributed by atoms with E-state index in [9.17, 15) is 14.4 Å². The summed E-state index contributed by atoms with van der Waals surface area (Å²) >= 11 is 1.35. The van der Waals surface area contributed by atoms with Crippen molar-refractivity contribution < 1.29 is 19.1 Å². The molecule has 0 bridgehead atoms. The molecule has 30 heavy (non-hydrogen) atoms. The lowest BCUT2D eigenvalue weighted by Gasteiger charge is -2.18. The average Bonchev–Trinajstić information content (AvgIpc) is 3.40. The smallest absolute Gasteiger partial charge is 0.339 e. The highest BCUT2D eigenvalue weighted by atomic mass is 32.1. The average molecular weight is 420 g/mol. The lowest BCUT2D eigenvalue weighted by molar-refractivity contribution is -0.130. The number of rotatable bonds is 7. The van der Waals surface area contributed by atoms with Gasteiger partial charge in [-0.1, -0.05) is 36.4 Å². The first-order valence-corrected chi connectivity index (χ1v) is 10.5. The molecule has 1 saturated carbocycles. The lowest BCUT2D eigenvalue weighted by Crippen LogP contribution is -2.33. The van der Waals surface area contributed by atoms with Crippen LogP contribution in [0.1, 0.15) is 44.5 Å². The second kappa shape index (κ2) is 8.92. The highest BCUT2D eigenvalue weighted by Crippen LogP contribution is 2.24. The summed E-state index contributed by atoms with van der Waals surface area (Å²) in [5.41, 5.74) is 1.48. The van der Waals surface area contributed by atoms with Crippen LogP contribution in [0.3, 0.4) is 0 Å². The zero-order valence-corrected chi connectivity index (χ0v) is 16.9. The fourth-order valence-electron chi connectivity index (χ4n) is 2.87. The summed E-state index contributed by atoms with van der Waals surface area (Å²) in [4.78, 5) is 38.0. The van der Waals surface area contributed by atoms with Crippen LogP contribution < -0.4 is 10.6 Å². The van der Waals surface area contributed by atoms with Gasteiger partial charge in [-0.3, -0.25) is 9.59 Å². The third-order valence-electron chi connectivity index (χ3n) is 4.61. The van der Waals surface area contributed by atoms with Gasteiger partial charge in [-0.25, -0.2) is 4.79 Å². The topological polar surface area (TPSA) is 84.5 Å². The van der Waals surface area contributed by atoms with Gasteiger partial charge < -0.3 is 15.4 Å². The molecule has 2 aromatic carbocycles. The molecule has 4 rings (SSSR count). The first-order chi connectivity index (χ1) is 14.6. The van der Waals surface area contributed by atoms with Gasteiger partial charge in [-0.2, -0.15) is 0 Å². The standard InChI is InChI=1S/C23H20N2O4S/c26-21(19-7-4-14-30-19)24-17-10-8-16(9-11-17)23(28)29-20(15-5-2-1-3-6-15)22(27)25-18-12-13-18/h1-11,14,18,20H,12-13H2,(H,24,26)(H,25,27). The Kier molecular flexibility index (Phi) is 5.90. The highest BCUT2D eigenvalue weighted by Gasteiger charge is 2.31. The monoisotopic (exact) mass is 420 g/mol. The third kappa shape index (κ3) is 4.93. The van der Waals surface area contributed by atoms with Crippen molar-refractivity contribution in [1.29, 1.82) is 0 Å². The minimum Gasteiger partial charge on any atom is -0.444 e. The molecule has 1 atom stereocenters. The number of carbonyl (C=O) groups is 3. The van der Waals surface area contributed by atoms with Gasteiger partial charge in [0.2, 0.25) is 6.10 Å². The molecule has 1 aromatic heterocycles. The molecule has 7 heteroatoms. The van der Waals surface area contributed by atoms with Crippen molar-refractivity contribution in [2.75, 3.05) is 5.32 Å². The van der Waals surface area contributed by atoms with Gasteiger partial charge in [0.15, 0.2) is 0 Å². The van der Waals surface area contributed by atoms with Crippen LogP contribution in [0.15, 0.2) is 72.1 Å². The summed E-state index contributed by atoms with van der Waals surface area (Å²) in [7, 11) is 0. The van der Waals surface area contributed by atoms with Crippen molar-refractivity contribution >= 4 is 34.8 Å². The first kappa shape index (κ1) is 19.8. The first-order valence-electron chi connectivity index (χ1n) is 9.61. The minimum absolute atomic E-state index is 0.161. The number of amides is 2. The Bertz CT molecular complexity index is 1030. The molecule has 3 aromatic rings. The van der Waals surface area contributed by atoms with E-state index in [2.05, 4.69) is 10.6 Å². The summed E-state index contributed by atoms with van der Waals surface area (Å²) < 4.78 is 5.56. The quantitative estimate of drug-likeness (QED) is 0.562. The van der Waals surface area contributed by atoms with Crippen LogP contribution in [0.25, 0.3) is 0 Å². The molecule has 1 heterocycles. The van der Waals surface area contributed by atoms with Crippen LogP contribution in [-0.4, -0.2) is 23.8 Å². The van der Waals surface area contributed by atoms with Gasteiger partial charge in [0.25, 0.3) is 11.8 Å². The molecule has 0 radical (unpaired) electrons. The Morgan fingerprint density at radius 2 is 1.67 bits per heavy atom. The summed E-state index contributed by atoms with van der Waals surface area (Å²) in [6.07, 6.45) is 0.872. The number of carbonyl (C=O) groups excluding carboxylic acids is 3. The molecule has 0 spiro atoms. The van der Waals surface area contributed by atoms with E-state index in [4.69, 9.17) is 4.74 Å². The van der Waals surface area contributed by atoms with Crippen molar-refractivity contribution in [3.63, 3.8) is 0 Å². The van der Waals surface area contributed by atoms with E-state index in [0.29, 0.717) is 21.7 Å². The fraction of sp³-hybridized carbons (Fsp3) is 0.174. The zero-order chi connectivity index (χ0) is 20.9. The van der Waals surface area contributed by atoms with E-state index in [1.165, 1.54) is 11.3 Å². The predicted octanol–water partition coefficient (Wildman–Crippen LogP) is 4.18. The summed E-state index contributed by atoms with van der Waals surface area (Å²) in [5.74, 6) is -1.14. The summed E-state index contributed by atoms with van der Waals surface area (Å²) in [5, 5.41) is 7.50. The van der Waals surface area contributed by atoms with Crippen LogP contribution in [0.4, 0.5) is 5.69 Å². The number of hydrogen-bond donors (Lipinski definition) is 2. The van der Waals surface area contributed by atoms with Crippen molar-refractivity contribution in [3.05, 3.63) is 88.1 Å². The number of thiophene rings is 1. The van der Waals surface area contributed by atoms with E-state index in [-0.39, 0.29) is 17.9 Å². The molecule has 2 N–H and O–H groups in total. The minimum atomic E-state index is -1.02. The van der Waals surface area contributed by atoms with E-state index in [1.54, 1.807) is 60.7 Å². The molecule has 1 aliphatic rings. The number of ether oxygens (including phenoxy) is 1. The SMILES string of the molecule is O=C(OC(C(=O)NC1CC1)c1ccccc1)c1ccc(NC(=O)c2cccs2)cc1. The molecule has 0 saturated heterocycles. The molecule has 152 valence electrons. The molecule has 1 unspecified atom stereocenters. The van der Waals surface area contributed by atoms with Crippen molar-refractivity contribution in [1.82, 2.24) is 5.32 Å². The molecule has 2 amide bonds. The number of anilines is 1. The fourth-order valence-corrected chi connectivity index (χ4v) is 3.49. The van der Waals surface area contributed by atoms with Crippen LogP contribution in [0, 0.1) is 0 Å². The van der Waals surface area contributed by atoms with E-state index in [1.807, 2.05) is 11.4 Å². The number of benzene rings is 2. The Labute approximate surface area is 177 Å². The summed E-state index contributed by atoms with van der Waals surface area (Å²) in [6, 6.07) is 19.0. The highest BCUT2D eigenvalue weighted by molar-refractivity contribution is 7.12. The maximum Gasteiger partial charge on any atom is 0.339 e. The Morgan fingerprint density at radius 1 is 0.933 bits per heavy atom. The van der Waals surface area contributed by atoms with Gasteiger partial charge in [0.1, 0.15) is 0 Å². The Balaban J connectivity index is 1.44. The lowest BCUT2D eigenvalue weighted by atomic mass is 10.1. The van der Waals surface area contributed by atoms with Crippen molar-refractivity contribution in [2.45, 2.75) is 25.0 Å². The Hall–Kier alpha value is -3.45. The van der Waals surface area contributed by atoms with Crippen LogP contribution in [0.2, 0.25) is 0 Å². The van der Waals surface area contributed by atoms with E-state index in [0.717, 1.165) is 12.8 Å². The van der Waals surface area contributed by atoms with Gasteiger partial charge in [0, 0.05) is 17.3 Å².